The van der Waals surface area contributed by atoms with Crippen LogP contribution in [0.3, 0.4) is 0 Å². The van der Waals surface area contributed by atoms with E-state index in [9.17, 15) is 14.4 Å². The maximum Gasteiger partial charge on any atom is 0.306 e. The van der Waals surface area contributed by atoms with E-state index in [-0.39, 0.29) is 31.1 Å². The Morgan fingerprint density at radius 2 is 0.465 bits per heavy atom. The van der Waals surface area contributed by atoms with Crippen molar-refractivity contribution < 1.29 is 28.6 Å². The second kappa shape index (κ2) is 60.7. The van der Waals surface area contributed by atoms with Crippen molar-refractivity contribution in [3.8, 4) is 0 Å². The maximum atomic E-state index is 12.9. The molecule has 1 atom stereocenters. The van der Waals surface area contributed by atoms with E-state index in [1.165, 1.54) is 270 Å². The zero-order valence-electron chi connectivity index (χ0n) is 48.3. The standard InChI is InChI=1S/C65H124O6/c1-4-7-10-13-16-19-21-23-25-27-29-30-31-32-33-34-36-37-39-41-43-46-49-52-55-58-64(67)70-61-62(60-69-63(66)57-54-51-48-45-18-15-12-9-6-3)71-65(68)59-56-53-50-47-44-42-40-38-35-28-26-24-22-20-17-14-11-8-5-2/h24,26,62H,4-23,25,27-61H2,1-3H3/b26-24-. The van der Waals surface area contributed by atoms with E-state index in [2.05, 4.69) is 32.9 Å². The van der Waals surface area contributed by atoms with E-state index in [0.717, 1.165) is 57.8 Å². The largest absolute Gasteiger partial charge is 0.462 e. The van der Waals surface area contributed by atoms with Crippen molar-refractivity contribution in [2.45, 2.75) is 374 Å². The van der Waals surface area contributed by atoms with Gasteiger partial charge in [-0.3, -0.25) is 14.4 Å². The number of carbonyl (C=O) groups excluding carboxylic acids is 3. The van der Waals surface area contributed by atoms with E-state index in [1.807, 2.05) is 0 Å². The zero-order chi connectivity index (χ0) is 51.4. The lowest BCUT2D eigenvalue weighted by molar-refractivity contribution is -0.167. The molecule has 0 saturated heterocycles. The Labute approximate surface area is 443 Å². The molecule has 6 heteroatoms. The first-order valence-corrected chi connectivity index (χ1v) is 32.2. The number of allylic oxidation sites excluding steroid dienone is 2. The van der Waals surface area contributed by atoms with Crippen molar-refractivity contribution >= 4 is 17.9 Å². The highest BCUT2D eigenvalue weighted by Crippen LogP contribution is 2.18. The molecule has 0 spiro atoms. The molecule has 0 saturated carbocycles. The summed E-state index contributed by atoms with van der Waals surface area (Å²) in [6.45, 7) is 6.69. The lowest BCUT2D eigenvalue weighted by Crippen LogP contribution is -2.30. The van der Waals surface area contributed by atoms with Crippen molar-refractivity contribution in [3.05, 3.63) is 12.2 Å². The quantitative estimate of drug-likeness (QED) is 0.0261. The molecule has 0 N–H and O–H groups in total. The van der Waals surface area contributed by atoms with Crippen LogP contribution in [-0.4, -0.2) is 37.2 Å². The molecule has 0 amide bonds. The van der Waals surface area contributed by atoms with Gasteiger partial charge in [0.1, 0.15) is 13.2 Å². The second-order valence-corrected chi connectivity index (χ2v) is 22.0. The van der Waals surface area contributed by atoms with Gasteiger partial charge in [-0.25, -0.2) is 0 Å². The number of ether oxygens (including phenoxy) is 3. The molecule has 0 bridgehead atoms. The SMILES string of the molecule is CCCCCCCC/C=C\CCCCCCCCCCCC(=O)OC(COC(=O)CCCCCCCCCCC)COC(=O)CCCCCCCCCCCCCCCCCCCCCCCCCCC. The molecule has 0 aromatic heterocycles. The van der Waals surface area contributed by atoms with Crippen LogP contribution in [0.2, 0.25) is 0 Å². The highest BCUT2D eigenvalue weighted by atomic mass is 16.6. The van der Waals surface area contributed by atoms with Crippen molar-refractivity contribution in [2.24, 2.45) is 0 Å². The van der Waals surface area contributed by atoms with Gasteiger partial charge < -0.3 is 14.2 Å². The molecule has 0 radical (unpaired) electrons. The van der Waals surface area contributed by atoms with Gasteiger partial charge in [0.15, 0.2) is 6.10 Å². The van der Waals surface area contributed by atoms with E-state index >= 15 is 0 Å². The lowest BCUT2D eigenvalue weighted by Gasteiger charge is -2.18. The lowest BCUT2D eigenvalue weighted by atomic mass is 10.0. The molecule has 0 aromatic carbocycles. The van der Waals surface area contributed by atoms with E-state index < -0.39 is 6.10 Å². The maximum absolute atomic E-state index is 12.9. The van der Waals surface area contributed by atoms with Gasteiger partial charge in [-0.05, 0) is 44.9 Å². The highest BCUT2D eigenvalue weighted by Gasteiger charge is 2.19. The van der Waals surface area contributed by atoms with Crippen molar-refractivity contribution in [1.29, 1.82) is 0 Å². The fraction of sp³-hybridized carbons (Fsp3) is 0.923. The molecule has 0 aromatic rings. The van der Waals surface area contributed by atoms with Crippen LogP contribution in [0.15, 0.2) is 12.2 Å². The van der Waals surface area contributed by atoms with Crippen molar-refractivity contribution in [2.75, 3.05) is 13.2 Å². The molecule has 0 aliphatic carbocycles. The monoisotopic (exact) mass is 1000 g/mol. The first-order chi connectivity index (χ1) is 35.0. The average molecular weight is 1000 g/mol. The van der Waals surface area contributed by atoms with Gasteiger partial charge in [-0.15, -0.1) is 0 Å². The Hall–Kier alpha value is -1.85. The summed E-state index contributed by atoms with van der Waals surface area (Å²) in [5.74, 6) is -0.842. The van der Waals surface area contributed by atoms with Crippen molar-refractivity contribution in [3.63, 3.8) is 0 Å². The Bertz CT molecular complexity index is 1100. The fourth-order valence-corrected chi connectivity index (χ4v) is 9.91. The summed E-state index contributed by atoms with van der Waals surface area (Å²) in [6.07, 6.45) is 70.9. The highest BCUT2D eigenvalue weighted by molar-refractivity contribution is 5.71. The minimum Gasteiger partial charge on any atom is -0.462 e. The smallest absolute Gasteiger partial charge is 0.306 e. The van der Waals surface area contributed by atoms with Gasteiger partial charge in [0.25, 0.3) is 0 Å². The van der Waals surface area contributed by atoms with E-state index in [1.54, 1.807) is 0 Å². The first kappa shape index (κ1) is 69.2. The third-order valence-corrected chi connectivity index (χ3v) is 14.8. The molecule has 6 nitrogen and oxygen atoms in total. The second-order valence-electron chi connectivity index (χ2n) is 22.0. The average Bonchev–Trinajstić information content (AvgIpc) is 3.37. The summed E-state index contributed by atoms with van der Waals surface area (Å²) >= 11 is 0. The molecule has 1 unspecified atom stereocenters. The molecular formula is C65H124O6. The van der Waals surface area contributed by atoms with Crippen LogP contribution in [-0.2, 0) is 28.6 Å². The molecule has 0 aliphatic rings. The topological polar surface area (TPSA) is 78.9 Å². The van der Waals surface area contributed by atoms with Crippen LogP contribution in [0.4, 0.5) is 0 Å². The van der Waals surface area contributed by atoms with E-state index in [4.69, 9.17) is 14.2 Å². The number of unbranched alkanes of at least 4 members (excludes halogenated alkanes) is 47. The van der Waals surface area contributed by atoms with Gasteiger partial charge >= 0.3 is 17.9 Å². The fourth-order valence-electron chi connectivity index (χ4n) is 9.91. The normalized spacial score (nSPS) is 12.0. The molecule has 71 heavy (non-hydrogen) atoms. The third-order valence-electron chi connectivity index (χ3n) is 14.8. The molecular weight excluding hydrogens is 877 g/mol. The number of esters is 3. The number of carbonyl (C=O) groups is 3. The summed E-state index contributed by atoms with van der Waals surface area (Å²) in [6, 6.07) is 0. The molecule has 0 heterocycles. The number of hydrogen-bond donors (Lipinski definition) is 0. The van der Waals surface area contributed by atoms with Crippen LogP contribution in [0, 0.1) is 0 Å². The van der Waals surface area contributed by atoms with Crippen LogP contribution in [0.1, 0.15) is 367 Å². The van der Waals surface area contributed by atoms with Gasteiger partial charge in [0, 0.05) is 19.3 Å². The zero-order valence-corrected chi connectivity index (χ0v) is 48.3. The predicted octanol–water partition coefficient (Wildman–Crippen LogP) is 21.7. The Morgan fingerprint density at radius 3 is 0.704 bits per heavy atom. The van der Waals surface area contributed by atoms with Gasteiger partial charge in [-0.2, -0.15) is 0 Å². The minimum absolute atomic E-state index is 0.0647. The Balaban J connectivity index is 4.13. The number of hydrogen-bond acceptors (Lipinski definition) is 6. The van der Waals surface area contributed by atoms with Crippen LogP contribution < -0.4 is 0 Å². The molecule has 0 rings (SSSR count). The van der Waals surface area contributed by atoms with Crippen LogP contribution >= 0.6 is 0 Å². The van der Waals surface area contributed by atoms with Gasteiger partial charge in [0.2, 0.25) is 0 Å². The minimum atomic E-state index is -0.765. The summed E-state index contributed by atoms with van der Waals surface area (Å²) < 4.78 is 16.9. The summed E-state index contributed by atoms with van der Waals surface area (Å²) in [5, 5.41) is 0. The van der Waals surface area contributed by atoms with Crippen LogP contribution in [0.25, 0.3) is 0 Å². The Kier molecular flexibility index (Phi) is 59.1. The summed E-state index contributed by atoms with van der Waals surface area (Å²) in [4.78, 5) is 38.2. The summed E-state index contributed by atoms with van der Waals surface area (Å²) in [5.41, 5.74) is 0. The van der Waals surface area contributed by atoms with Crippen molar-refractivity contribution in [1.82, 2.24) is 0 Å². The first-order valence-electron chi connectivity index (χ1n) is 32.2. The molecule has 420 valence electrons. The molecule has 0 fully saturated rings. The Morgan fingerprint density at radius 1 is 0.268 bits per heavy atom. The van der Waals surface area contributed by atoms with E-state index in [0.29, 0.717) is 19.3 Å². The number of rotatable bonds is 60. The van der Waals surface area contributed by atoms with Gasteiger partial charge in [-0.1, -0.05) is 315 Å². The predicted molar refractivity (Wildman–Crippen MR) is 307 cm³/mol. The van der Waals surface area contributed by atoms with Crippen LogP contribution in [0.5, 0.6) is 0 Å². The molecule has 0 aliphatic heterocycles. The summed E-state index contributed by atoms with van der Waals surface area (Å²) in [7, 11) is 0. The third kappa shape index (κ3) is 58.9. The van der Waals surface area contributed by atoms with Gasteiger partial charge in [0.05, 0.1) is 0 Å².